The molecular weight excluding hydrogens is 434 g/mol. The van der Waals surface area contributed by atoms with Crippen molar-refractivity contribution in [2.75, 3.05) is 27.2 Å². The van der Waals surface area contributed by atoms with Gasteiger partial charge in [0.15, 0.2) is 0 Å². The van der Waals surface area contributed by atoms with E-state index in [1.54, 1.807) is 7.05 Å². The molecule has 1 fully saturated rings. The van der Waals surface area contributed by atoms with Gasteiger partial charge < -0.3 is 14.6 Å². The zero-order valence-corrected chi connectivity index (χ0v) is 20.6. The number of nitrogens with one attached hydrogen (secondary N) is 1. The van der Waals surface area contributed by atoms with E-state index in [4.69, 9.17) is 16.3 Å². The summed E-state index contributed by atoms with van der Waals surface area (Å²) in [5.74, 6) is 1.38. The number of carbonyl (C=O) groups excluding carboxylic acids is 1. The van der Waals surface area contributed by atoms with Gasteiger partial charge in [-0.1, -0.05) is 42.5 Å². The second-order valence-electron chi connectivity index (χ2n) is 9.20. The SMILES string of the molecule is CNC(=O)C1CCCCC1.Cc1ccc2c(ccn2-c2cc(Cl)c3c(c2)CN(C)CCO3)c1. The van der Waals surface area contributed by atoms with Crippen molar-refractivity contribution < 1.29 is 9.53 Å². The first-order valence-electron chi connectivity index (χ1n) is 11.9. The van der Waals surface area contributed by atoms with Gasteiger partial charge in [-0.3, -0.25) is 9.69 Å². The zero-order chi connectivity index (χ0) is 23.4. The topological polar surface area (TPSA) is 46.5 Å². The summed E-state index contributed by atoms with van der Waals surface area (Å²) in [6.07, 6.45) is 8.08. The van der Waals surface area contributed by atoms with E-state index in [2.05, 4.69) is 65.3 Å². The van der Waals surface area contributed by atoms with Gasteiger partial charge in [-0.05, 0) is 57.1 Å². The molecule has 1 aromatic heterocycles. The van der Waals surface area contributed by atoms with Gasteiger partial charge >= 0.3 is 0 Å². The third-order valence-electron chi connectivity index (χ3n) is 6.61. The minimum Gasteiger partial charge on any atom is -0.490 e. The fourth-order valence-corrected chi connectivity index (χ4v) is 5.07. The first kappa shape index (κ1) is 23.7. The van der Waals surface area contributed by atoms with Crippen molar-refractivity contribution in [2.45, 2.75) is 45.6 Å². The fraction of sp³-hybridized carbons (Fsp3) is 0.444. The van der Waals surface area contributed by atoms with E-state index in [1.807, 2.05) is 6.07 Å². The number of rotatable bonds is 2. The van der Waals surface area contributed by atoms with Crippen LogP contribution in [0.15, 0.2) is 42.6 Å². The Morgan fingerprint density at radius 1 is 1.12 bits per heavy atom. The van der Waals surface area contributed by atoms with Gasteiger partial charge in [0.1, 0.15) is 12.4 Å². The van der Waals surface area contributed by atoms with Gasteiger partial charge in [0.25, 0.3) is 0 Å². The molecule has 5 rings (SSSR count). The Bertz CT molecular complexity index is 1120. The molecule has 2 heterocycles. The molecule has 33 heavy (non-hydrogen) atoms. The first-order valence-corrected chi connectivity index (χ1v) is 12.3. The normalized spacial score (nSPS) is 16.8. The summed E-state index contributed by atoms with van der Waals surface area (Å²) in [5.41, 5.74) is 4.67. The van der Waals surface area contributed by atoms with Crippen LogP contribution in [0.4, 0.5) is 0 Å². The molecule has 6 heteroatoms. The number of likely N-dealkylation sites (N-methyl/N-ethyl adjacent to an activating group) is 1. The van der Waals surface area contributed by atoms with Crippen LogP contribution in [0.3, 0.4) is 0 Å². The Balaban J connectivity index is 0.000000219. The Labute approximate surface area is 201 Å². The zero-order valence-electron chi connectivity index (χ0n) is 19.9. The number of aromatic nitrogens is 1. The van der Waals surface area contributed by atoms with Crippen LogP contribution in [0.1, 0.15) is 43.2 Å². The molecule has 1 N–H and O–H groups in total. The van der Waals surface area contributed by atoms with Crippen LogP contribution in [0, 0.1) is 12.8 Å². The molecule has 2 aromatic carbocycles. The quantitative estimate of drug-likeness (QED) is 0.523. The third-order valence-corrected chi connectivity index (χ3v) is 6.89. The highest BCUT2D eigenvalue weighted by Crippen LogP contribution is 2.35. The predicted octanol–water partition coefficient (Wildman–Crippen LogP) is 5.73. The molecule has 2 aliphatic rings. The summed E-state index contributed by atoms with van der Waals surface area (Å²) in [6.45, 7) is 4.55. The minimum atomic E-state index is 0.236. The number of hydrogen-bond acceptors (Lipinski definition) is 3. The molecule has 1 saturated carbocycles. The van der Waals surface area contributed by atoms with Crippen LogP contribution >= 0.6 is 11.6 Å². The summed E-state index contributed by atoms with van der Waals surface area (Å²) in [4.78, 5) is 13.3. The van der Waals surface area contributed by atoms with Gasteiger partial charge in [0.2, 0.25) is 5.91 Å². The van der Waals surface area contributed by atoms with Gasteiger partial charge in [0, 0.05) is 48.9 Å². The number of amides is 1. The van der Waals surface area contributed by atoms with Crippen molar-refractivity contribution in [1.29, 1.82) is 0 Å². The number of ether oxygens (including phenoxy) is 1. The Morgan fingerprint density at radius 2 is 1.91 bits per heavy atom. The Morgan fingerprint density at radius 3 is 2.67 bits per heavy atom. The molecule has 0 saturated heterocycles. The average molecular weight is 468 g/mol. The van der Waals surface area contributed by atoms with Crippen LogP contribution in [-0.2, 0) is 11.3 Å². The summed E-state index contributed by atoms with van der Waals surface area (Å²) in [5, 5.41) is 4.62. The lowest BCUT2D eigenvalue weighted by atomic mass is 9.89. The maximum absolute atomic E-state index is 11.1. The largest absolute Gasteiger partial charge is 0.490 e. The first-order chi connectivity index (χ1) is 16.0. The van der Waals surface area contributed by atoms with Crippen molar-refractivity contribution in [3.8, 4) is 11.4 Å². The maximum Gasteiger partial charge on any atom is 0.222 e. The molecule has 3 aromatic rings. The second kappa shape index (κ2) is 10.6. The average Bonchev–Trinajstić information content (AvgIpc) is 3.13. The van der Waals surface area contributed by atoms with Gasteiger partial charge in [-0.2, -0.15) is 0 Å². The fourth-order valence-electron chi connectivity index (χ4n) is 4.78. The Hall–Kier alpha value is -2.50. The van der Waals surface area contributed by atoms with Crippen LogP contribution in [-0.4, -0.2) is 42.6 Å². The number of hydrogen-bond donors (Lipinski definition) is 1. The standard InChI is InChI=1S/C19H19ClN2O.C8H15NO/c1-13-3-4-18-14(9-13)5-6-22(18)16-10-15-12-21(2)7-8-23-19(15)17(20)11-16;1-9-8(10)7-5-3-2-4-6-7/h3-6,9-11H,7-8,12H2,1-2H3;7H,2-6H2,1H3,(H,9,10). The van der Waals surface area contributed by atoms with Crippen LogP contribution < -0.4 is 10.1 Å². The summed E-state index contributed by atoms with van der Waals surface area (Å²) in [7, 11) is 3.82. The summed E-state index contributed by atoms with van der Waals surface area (Å²) in [6, 6.07) is 12.8. The predicted molar refractivity (Wildman–Crippen MR) is 135 cm³/mol. The number of benzene rings is 2. The number of carbonyl (C=O) groups is 1. The lowest BCUT2D eigenvalue weighted by Crippen LogP contribution is -2.28. The molecule has 1 aliphatic heterocycles. The van der Waals surface area contributed by atoms with Crippen molar-refractivity contribution >= 4 is 28.4 Å². The van der Waals surface area contributed by atoms with E-state index < -0.39 is 0 Å². The summed E-state index contributed by atoms with van der Waals surface area (Å²) < 4.78 is 8.03. The van der Waals surface area contributed by atoms with Crippen molar-refractivity contribution in [3.63, 3.8) is 0 Å². The molecule has 0 unspecified atom stereocenters. The molecule has 176 valence electrons. The molecular formula is C27H34ClN3O2. The highest BCUT2D eigenvalue weighted by Gasteiger charge is 2.19. The van der Waals surface area contributed by atoms with Crippen LogP contribution in [0.2, 0.25) is 5.02 Å². The van der Waals surface area contributed by atoms with Crippen LogP contribution in [0.25, 0.3) is 16.6 Å². The second-order valence-corrected chi connectivity index (χ2v) is 9.61. The van der Waals surface area contributed by atoms with Crippen molar-refractivity contribution in [1.82, 2.24) is 14.8 Å². The number of nitrogens with zero attached hydrogens (tertiary/aromatic N) is 2. The van der Waals surface area contributed by atoms with Gasteiger partial charge in [0.05, 0.1) is 10.5 Å². The van der Waals surface area contributed by atoms with Gasteiger partial charge in [-0.25, -0.2) is 0 Å². The van der Waals surface area contributed by atoms with E-state index in [0.29, 0.717) is 17.5 Å². The van der Waals surface area contributed by atoms with E-state index in [9.17, 15) is 4.79 Å². The highest BCUT2D eigenvalue weighted by molar-refractivity contribution is 6.32. The molecule has 0 atom stereocenters. The minimum absolute atomic E-state index is 0.236. The smallest absolute Gasteiger partial charge is 0.222 e. The molecule has 0 spiro atoms. The molecule has 0 bridgehead atoms. The molecule has 0 radical (unpaired) electrons. The monoisotopic (exact) mass is 467 g/mol. The molecule has 1 amide bonds. The third kappa shape index (κ3) is 5.53. The van der Waals surface area contributed by atoms with Gasteiger partial charge in [-0.15, -0.1) is 0 Å². The highest BCUT2D eigenvalue weighted by atomic mass is 35.5. The lowest BCUT2D eigenvalue weighted by molar-refractivity contribution is -0.125. The van der Waals surface area contributed by atoms with Crippen LogP contribution in [0.5, 0.6) is 5.75 Å². The van der Waals surface area contributed by atoms with E-state index in [0.717, 1.165) is 42.9 Å². The van der Waals surface area contributed by atoms with Crippen molar-refractivity contribution in [2.24, 2.45) is 5.92 Å². The summed E-state index contributed by atoms with van der Waals surface area (Å²) >= 11 is 6.50. The number of fused-ring (bicyclic) bond motifs is 2. The Kier molecular flexibility index (Phi) is 7.61. The number of aryl methyl sites for hydroxylation is 1. The maximum atomic E-state index is 11.1. The van der Waals surface area contributed by atoms with E-state index in [-0.39, 0.29) is 5.91 Å². The van der Waals surface area contributed by atoms with Crippen molar-refractivity contribution in [3.05, 3.63) is 58.7 Å². The van der Waals surface area contributed by atoms with E-state index in [1.165, 1.54) is 35.7 Å². The molecule has 1 aliphatic carbocycles. The lowest BCUT2D eigenvalue weighted by Gasteiger charge is -2.19. The molecule has 5 nitrogen and oxygen atoms in total. The number of halogens is 1. The van der Waals surface area contributed by atoms with E-state index >= 15 is 0 Å².